The molecule has 0 N–H and O–H groups in total. The van der Waals surface area contributed by atoms with Crippen LogP contribution < -0.4 is 9.47 Å². The summed E-state index contributed by atoms with van der Waals surface area (Å²) in [5, 5.41) is 21.0. The van der Waals surface area contributed by atoms with E-state index >= 15 is 0 Å². The number of benzene rings is 3. The molecule has 8 nitrogen and oxygen atoms in total. The quantitative estimate of drug-likeness (QED) is 0.111. The molecule has 11 heteroatoms. The summed E-state index contributed by atoms with van der Waals surface area (Å²) in [6, 6.07) is 20.1. The first-order valence-electron chi connectivity index (χ1n) is 11.4. The fourth-order valence-electron chi connectivity index (χ4n) is 3.65. The molecule has 0 spiro atoms. The number of nitrogens with zero attached hydrogens (tertiary/aromatic N) is 4. The first-order valence-corrected chi connectivity index (χ1v) is 13.1. The molecule has 0 aliphatic rings. The van der Waals surface area contributed by atoms with Crippen molar-refractivity contribution in [3.8, 4) is 17.2 Å². The number of rotatable bonds is 11. The second kappa shape index (κ2) is 12.3. The van der Waals surface area contributed by atoms with E-state index in [0.717, 1.165) is 17.0 Å². The first-order chi connectivity index (χ1) is 17.9. The fraction of sp³-hybridized carbons (Fsp3) is 0.231. The maximum Gasteiger partial charge on any atom is 0.220 e. The lowest BCUT2D eigenvalue weighted by Crippen LogP contribution is -2.11. The first kappa shape index (κ1) is 26.8. The van der Waals surface area contributed by atoms with Gasteiger partial charge in [-0.05, 0) is 61.9 Å². The molecule has 0 aliphatic carbocycles. The summed E-state index contributed by atoms with van der Waals surface area (Å²) in [5.74, 6) is 1.88. The van der Waals surface area contributed by atoms with Crippen molar-refractivity contribution >= 4 is 35.0 Å². The summed E-state index contributed by atoms with van der Waals surface area (Å²) in [5.41, 5.74) is 2.33. The predicted molar refractivity (Wildman–Crippen MR) is 145 cm³/mol. The molecule has 4 rings (SSSR count). The standard InChI is InChI=1S/C26H24Cl2N4O4S/c1-3-35-21-11-9-20(10-12-21)32-17(2)29-30-26(32)37-25(15-31(33)34)18-8-13-24(23(28)14-18)36-16-19-6-4-5-7-22(19)27/h4-14,25H,3,15-16H2,1-2H3/t25-/m0/s1. The van der Waals surface area contributed by atoms with Crippen molar-refractivity contribution in [3.05, 3.63) is 104 Å². The Morgan fingerprint density at radius 1 is 1.03 bits per heavy atom. The molecule has 0 saturated heterocycles. The molecule has 37 heavy (non-hydrogen) atoms. The molecule has 0 radical (unpaired) electrons. The molecular weight excluding hydrogens is 535 g/mol. The summed E-state index contributed by atoms with van der Waals surface area (Å²) >= 11 is 14.0. The van der Waals surface area contributed by atoms with Crippen molar-refractivity contribution in [3.63, 3.8) is 0 Å². The van der Waals surface area contributed by atoms with E-state index < -0.39 is 5.25 Å². The second-order valence-electron chi connectivity index (χ2n) is 7.98. The van der Waals surface area contributed by atoms with E-state index in [0.29, 0.717) is 38.9 Å². The van der Waals surface area contributed by atoms with Crippen molar-refractivity contribution in [1.29, 1.82) is 0 Å². The molecule has 1 heterocycles. The topological polar surface area (TPSA) is 92.3 Å². The molecule has 4 aromatic rings. The van der Waals surface area contributed by atoms with Crippen LogP contribution in [0.15, 0.2) is 71.9 Å². The molecule has 0 amide bonds. The van der Waals surface area contributed by atoms with Crippen LogP contribution in [0.3, 0.4) is 0 Å². The molecule has 1 aromatic heterocycles. The Balaban J connectivity index is 1.56. The monoisotopic (exact) mass is 558 g/mol. The number of halogens is 2. The number of aromatic nitrogens is 3. The Morgan fingerprint density at radius 2 is 1.78 bits per heavy atom. The minimum Gasteiger partial charge on any atom is -0.494 e. The van der Waals surface area contributed by atoms with Gasteiger partial charge in [0.2, 0.25) is 6.54 Å². The SMILES string of the molecule is CCOc1ccc(-n2c(C)nnc2S[C@@H](C[N+](=O)[O-])c2ccc(OCc3ccccc3Cl)c(Cl)c2)cc1. The van der Waals surface area contributed by atoms with Gasteiger partial charge in [-0.2, -0.15) is 0 Å². The van der Waals surface area contributed by atoms with Crippen molar-refractivity contribution in [2.45, 2.75) is 30.9 Å². The maximum atomic E-state index is 11.5. The van der Waals surface area contributed by atoms with Crippen molar-refractivity contribution in [1.82, 2.24) is 14.8 Å². The van der Waals surface area contributed by atoms with E-state index in [9.17, 15) is 10.1 Å². The maximum absolute atomic E-state index is 11.5. The minimum absolute atomic E-state index is 0.246. The lowest BCUT2D eigenvalue weighted by molar-refractivity contribution is -0.479. The van der Waals surface area contributed by atoms with Gasteiger partial charge in [0.15, 0.2) is 5.16 Å². The van der Waals surface area contributed by atoms with Crippen molar-refractivity contribution in [2.24, 2.45) is 0 Å². The van der Waals surface area contributed by atoms with E-state index in [1.165, 1.54) is 11.8 Å². The van der Waals surface area contributed by atoms with E-state index in [1.807, 2.05) is 60.9 Å². The average Bonchev–Trinajstić information content (AvgIpc) is 3.24. The highest BCUT2D eigenvalue weighted by atomic mass is 35.5. The van der Waals surface area contributed by atoms with Crippen LogP contribution in [-0.2, 0) is 6.61 Å². The summed E-state index contributed by atoms with van der Waals surface area (Å²) in [7, 11) is 0. The Morgan fingerprint density at radius 3 is 2.46 bits per heavy atom. The van der Waals surface area contributed by atoms with E-state index in [4.69, 9.17) is 32.7 Å². The zero-order valence-corrected chi connectivity index (χ0v) is 22.5. The normalized spacial score (nSPS) is 11.8. The van der Waals surface area contributed by atoms with Gasteiger partial charge in [-0.15, -0.1) is 10.2 Å². The van der Waals surface area contributed by atoms with Crippen LogP contribution in [0.5, 0.6) is 11.5 Å². The van der Waals surface area contributed by atoms with Gasteiger partial charge >= 0.3 is 0 Å². The van der Waals surface area contributed by atoms with Crippen LogP contribution >= 0.6 is 35.0 Å². The molecule has 0 fully saturated rings. The van der Waals surface area contributed by atoms with Crippen LogP contribution in [0.2, 0.25) is 10.0 Å². The van der Waals surface area contributed by atoms with E-state index in [-0.39, 0.29) is 18.1 Å². The van der Waals surface area contributed by atoms with Crippen molar-refractivity contribution < 1.29 is 14.4 Å². The summed E-state index contributed by atoms with van der Waals surface area (Å²) in [6.07, 6.45) is 0. The predicted octanol–water partition coefficient (Wildman–Crippen LogP) is 6.97. The Hall–Kier alpha value is -3.27. The number of ether oxygens (including phenoxy) is 2. The van der Waals surface area contributed by atoms with Gasteiger partial charge in [0.25, 0.3) is 0 Å². The molecule has 1 atom stereocenters. The van der Waals surface area contributed by atoms with Crippen LogP contribution in [0.4, 0.5) is 0 Å². The number of aryl methyl sites for hydroxylation is 1. The summed E-state index contributed by atoms with van der Waals surface area (Å²) in [4.78, 5) is 11.2. The van der Waals surface area contributed by atoms with Gasteiger partial charge in [0, 0.05) is 21.2 Å². The fourth-order valence-corrected chi connectivity index (χ4v) is 5.25. The average molecular weight is 559 g/mol. The lowest BCUT2D eigenvalue weighted by atomic mass is 10.1. The Labute approximate surface area is 228 Å². The van der Waals surface area contributed by atoms with Gasteiger partial charge in [-0.3, -0.25) is 14.7 Å². The summed E-state index contributed by atoms with van der Waals surface area (Å²) in [6.45, 7) is 4.25. The zero-order chi connectivity index (χ0) is 26.4. The van der Waals surface area contributed by atoms with Gasteiger partial charge in [-0.1, -0.05) is 59.2 Å². The highest BCUT2D eigenvalue weighted by Crippen LogP contribution is 2.39. The Bertz CT molecular complexity index is 1380. The Kier molecular flexibility index (Phi) is 8.91. The van der Waals surface area contributed by atoms with Crippen LogP contribution in [0.25, 0.3) is 5.69 Å². The number of hydrogen-bond donors (Lipinski definition) is 0. The molecule has 3 aromatic carbocycles. The number of hydrogen-bond acceptors (Lipinski definition) is 7. The van der Waals surface area contributed by atoms with Crippen LogP contribution in [-0.4, -0.2) is 32.8 Å². The number of nitro groups is 1. The largest absolute Gasteiger partial charge is 0.494 e. The van der Waals surface area contributed by atoms with Crippen LogP contribution in [0.1, 0.15) is 29.1 Å². The lowest BCUT2D eigenvalue weighted by Gasteiger charge is -2.16. The van der Waals surface area contributed by atoms with Gasteiger partial charge in [0.1, 0.15) is 29.2 Å². The highest BCUT2D eigenvalue weighted by Gasteiger charge is 2.24. The molecule has 0 unspecified atom stereocenters. The second-order valence-corrected chi connectivity index (χ2v) is 9.97. The van der Waals surface area contributed by atoms with Gasteiger partial charge in [-0.25, -0.2) is 0 Å². The molecule has 0 bridgehead atoms. The molecular formula is C26H24Cl2N4O4S. The number of thioether (sulfide) groups is 1. The zero-order valence-electron chi connectivity index (χ0n) is 20.1. The highest BCUT2D eigenvalue weighted by molar-refractivity contribution is 7.99. The van der Waals surface area contributed by atoms with E-state index in [2.05, 4.69) is 10.2 Å². The van der Waals surface area contributed by atoms with Gasteiger partial charge < -0.3 is 9.47 Å². The van der Waals surface area contributed by atoms with Crippen LogP contribution in [0, 0.1) is 17.0 Å². The third kappa shape index (κ3) is 6.74. The minimum atomic E-state index is -0.560. The summed E-state index contributed by atoms with van der Waals surface area (Å²) < 4.78 is 13.2. The smallest absolute Gasteiger partial charge is 0.220 e. The molecule has 0 saturated carbocycles. The van der Waals surface area contributed by atoms with Crippen molar-refractivity contribution in [2.75, 3.05) is 13.2 Å². The molecule has 0 aliphatic heterocycles. The molecule has 192 valence electrons. The third-order valence-electron chi connectivity index (χ3n) is 5.43. The van der Waals surface area contributed by atoms with Gasteiger partial charge in [0.05, 0.1) is 11.6 Å². The van der Waals surface area contributed by atoms with E-state index in [1.54, 1.807) is 24.3 Å². The third-order valence-corrected chi connectivity index (χ3v) is 7.28.